The first-order chi connectivity index (χ1) is 15.0. The Bertz CT molecular complexity index is 1310. The van der Waals surface area contributed by atoms with E-state index >= 15 is 0 Å². The van der Waals surface area contributed by atoms with Gasteiger partial charge in [-0.25, -0.2) is 0 Å². The van der Waals surface area contributed by atoms with Crippen molar-refractivity contribution in [1.82, 2.24) is 25.3 Å². The van der Waals surface area contributed by atoms with Crippen molar-refractivity contribution in [3.63, 3.8) is 0 Å². The van der Waals surface area contributed by atoms with E-state index in [1.165, 1.54) is 0 Å². The molecule has 1 unspecified atom stereocenters. The van der Waals surface area contributed by atoms with Crippen LogP contribution in [0.1, 0.15) is 22.5 Å². The molecule has 1 saturated heterocycles. The smallest absolute Gasteiger partial charge is 0.286 e. The minimum Gasteiger partial charge on any atom is -0.494 e. The van der Waals surface area contributed by atoms with E-state index in [-0.39, 0.29) is 17.0 Å². The van der Waals surface area contributed by atoms with Gasteiger partial charge in [-0.1, -0.05) is 36.0 Å². The van der Waals surface area contributed by atoms with Crippen LogP contribution < -0.4 is 5.32 Å². The molecule has 2 aromatic heterocycles. The molecule has 0 aliphatic carbocycles. The fraction of sp³-hybridized carbons (Fsp3) is 0.182. The molecule has 3 heterocycles. The number of carbonyl (C=O) groups is 2. The molecular formula is C22H19N5O3S. The van der Waals surface area contributed by atoms with Crippen molar-refractivity contribution in [2.24, 2.45) is 0 Å². The SMILES string of the molecule is Cc1nn(-c2ccccc2)nc1Cc1c(O)[nH]c2ccc(CC3SC(=O)NC3=O)cc12. The van der Waals surface area contributed by atoms with Crippen molar-refractivity contribution in [1.29, 1.82) is 0 Å². The molecule has 9 heteroatoms. The van der Waals surface area contributed by atoms with Gasteiger partial charge < -0.3 is 10.1 Å². The van der Waals surface area contributed by atoms with Gasteiger partial charge in [0.25, 0.3) is 5.24 Å². The predicted molar refractivity (Wildman–Crippen MR) is 117 cm³/mol. The number of para-hydroxylation sites is 1. The van der Waals surface area contributed by atoms with E-state index in [2.05, 4.69) is 20.5 Å². The Kier molecular flexibility index (Phi) is 4.74. The minimum atomic E-state index is -0.436. The van der Waals surface area contributed by atoms with Crippen molar-refractivity contribution in [3.8, 4) is 11.6 Å². The molecule has 0 bridgehead atoms. The van der Waals surface area contributed by atoms with Crippen LogP contribution in [0.2, 0.25) is 0 Å². The quantitative estimate of drug-likeness (QED) is 0.445. The number of hydrogen-bond donors (Lipinski definition) is 3. The zero-order chi connectivity index (χ0) is 21.5. The van der Waals surface area contributed by atoms with Crippen molar-refractivity contribution < 1.29 is 14.7 Å². The average molecular weight is 433 g/mol. The van der Waals surface area contributed by atoms with Crippen molar-refractivity contribution in [2.45, 2.75) is 25.0 Å². The number of thioether (sulfide) groups is 1. The number of nitrogens with one attached hydrogen (secondary N) is 2. The molecule has 1 aliphatic heterocycles. The number of aromatic hydroxyl groups is 1. The Labute approximate surface area is 181 Å². The third-order valence-corrected chi connectivity index (χ3v) is 6.33. The first kappa shape index (κ1) is 19.4. The number of carbonyl (C=O) groups excluding carboxylic acids is 2. The summed E-state index contributed by atoms with van der Waals surface area (Å²) in [7, 11) is 0. The number of aromatic nitrogens is 4. The lowest BCUT2D eigenvalue weighted by Gasteiger charge is -2.06. The Morgan fingerprint density at radius 3 is 2.68 bits per heavy atom. The summed E-state index contributed by atoms with van der Waals surface area (Å²) in [6, 6.07) is 15.4. The lowest BCUT2D eigenvalue weighted by molar-refractivity contribution is -0.118. The zero-order valence-electron chi connectivity index (χ0n) is 16.6. The summed E-state index contributed by atoms with van der Waals surface area (Å²) in [5, 5.41) is 22.1. The van der Waals surface area contributed by atoms with Crippen LogP contribution in [-0.2, 0) is 17.6 Å². The van der Waals surface area contributed by atoms with Gasteiger partial charge >= 0.3 is 0 Å². The third-order valence-electron chi connectivity index (χ3n) is 5.35. The summed E-state index contributed by atoms with van der Waals surface area (Å²) in [4.78, 5) is 27.9. The second kappa shape index (κ2) is 7.59. The van der Waals surface area contributed by atoms with E-state index in [1.807, 2.05) is 55.5 Å². The van der Waals surface area contributed by atoms with E-state index in [0.717, 1.165) is 50.9 Å². The summed E-state index contributed by atoms with van der Waals surface area (Å²) in [5.41, 5.74) is 4.85. The molecule has 3 N–H and O–H groups in total. The van der Waals surface area contributed by atoms with E-state index in [0.29, 0.717) is 12.8 Å². The largest absolute Gasteiger partial charge is 0.494 e. The number of hydrogen-bond acceptors (Lipinski definition) is 6. The second-order valence-electron chi connectivity index (χ2n) is 7.45. The van der Waals surface area contributed by atoms with Crippen LogP contribution >= 0.6 is 11.8 Å². The van der Waals surface area contributed by atoms with Gasteiger partial charge in [0.05, 0.1) is 22.3 Å². The minimum absolute atomic E-state index is 0.0870. The van der Waals surface area contributed by atoms with Crippen LogP contribution in [0.3, 0.4) is 0 Å². The number of fused-ring (bicyclic) bond motifs is 1. The maximum absolute atomic E-state index is 11.9. The Balaban J connectivity index is 1.46. The summed E-state index contributed by atoms with van der Waals surface area (Å²) < 4.78 is 0. The van der Waals surface area contributed by atoms with Gasteiger partial charge in [-0.2, -0.15) is 15.0 Å². The monoisotopic (exact) mass is 433 g/mol. The Morgan fingerprint density at radius 1 is 1.13 bits per heavy atom. The molecule has 1 atom stereocenters. The van der Waals surface area contributed by atoms with Crippen LogP contribution in [0.25, 0.3) is 16.6 Å². The lowest BCUT2D eigenvalue weighted by Crippen LogP contribution is -2.25. The number of benzene rings is 2. The highest BCUT2D eigenvalue weighted by molar-refractivity contribution is 8.15. The lowest BCUT2D eigenvalue weighted by atomic mass is 10.0. The number of nitrogens with zero attached hydrogens (tertiary/aromatic N) is 3. The maximum atomic E-state index is 11.9. The zero-order valence-corrected chi connectivity index (χ0v) is 17.4. The van der Waals surface area contributed by atoms with Gasteiger partial charge in [-0.15, -0.1) is 0 Å². The van der Waals surface area contributed by atoms with E-state index in [1.54, 1.807) is 4.80 Å². The van der Waals surface area contributed by atoms with Crippen LogP contribution in [0.15, 0.2) is 48.5 Å². The molecule has 8 nitrogen and oxygen atoms in total. The number of aromatic amines is 1. The molecule has 0 spiro atoms. The molecule has 2 amide bonds. The molecule has 1 fully saturated rings. The van der Waals surface area contributed by atoms with Gasteiger partial charge in [0.2, 0.25) is 5.91 Å². The molecule has 2 aromatic carbocycles. The van der Waals surface area contributed by atoms with Crippen LogP contribution in [-0.4, -0.2) is 41.5 Å². The van der Waals surface area contributed by atoms with Crippen LogP contribution in [0.5, 0.6) is 5.88 Å². The van der Waals surface area contributed by atoms with Crippen molar-refractivity contribution >= 4 is 33.8 Å². The predicted octanol–water partition coefficient (Wildman–Crippen LogP) is 3.25. The van der Waals surface area contributed by atoms with Crippen LogP contribution in [0, 0.1) is 6.92 Å². The summed E-state index contributed by atoms with van der Waals surface area (Å²) in [6.07, 6.45) is 0.845. The van der Waals surface area contributed by atoms with E-state index in [9.17, 15) is 14.7 Å². The molecule has 5 rings (SSSR count). The normalized spacial score (nSPS) is 16.2. The summed E-state index contributed by atoms with van der Waals surface area (Å²) in [6.45, 7) is 1.89. The molecule has 31 heavy (non-hydrogen) atoms. The topological polar surface area (TPSA) is 113 Å². The highest BCUT2D eigenvalue weighted by atomic mass is 32.2. The summed E-state index contributed by atoms with van der Waals surface area (Å²) >= 11 is 1.01. The number of amides is 2. The number of H-pyrrole nitrogens is 1. The highest BCUT2D eigenvalue weighted by Gasteiger charge is 2.31. The highest BCUT2D eigenvalue weighted by Crippen LogP contribution is 2.32. The molecule has 4 aromatic rings. The van der Waals surface area contributed by atoms with E-state index < -0.39 is 5.25 Å². The van der Waals surface area contributed by atoms with Gasteiger partial charge in [0.15, 0.2) is 5.88 Å². The van der Waals surface area contributed by atoms with Gasteiger partial charge in [0.1, 0.15) is 0 Å². The van der Waals surface area contributed by atoms with Crippen molar-refractivity contribution in [3.05, 3.63) is 71.0 Å². The third kappa shape index (κ3) is 3.68. The van der Waals surface area contributed by atoms with Gasteiger partial charge in [-0.05, 0) is 43.2 Å². The average Bonchev–Trinajstić information content (AvgIpc) is 3.38. The van der Waals surface area contributed by atoms with E-state index in [4.69, 9.17) is 0 Å². The first-order valence-corrected chi connectivity index (χ1v) is 10.7. The van der Waals surface area contributed by atoms with Crippen LogP contribution in [0.4, 0.5) is 4.79 Å². The fourth-order valence-electron chi connectivity index (χ4n) is 3.74. The molecular weight excluding hydrogens is 414 g/mol. The van der Waals surface area contributed by atoms with Gasteiger partial charge in [-0.3, -0.25) is 14.9 Å². The van der Waals surface area contributed by atoms with Gasteiger partial charge in [0, 0.05) is 22.9 Å². The standard InChI is InChI=1S/C22H19N5O3S/c1-12-18(26-27(25-12)14-5-3-2-4-6-14)11-16-15-9-13(7-8-17(15)23-20(16)28)10-19-21(29)24-22(30)31-19/h2-9,19,23,28H,10-11H2,1H3,(H,24,29,30). The maximum Gasteiger partial charge on any atom is 0.286 e. The Morgan fingerprint density at radius 2 is 1.94 bits per heavy atom. The van der Waals surface area contributed by atoms with Crippen molar-refractivity contribution in [2.75, 3.05) is 0 Å². The number of rotatable bonds is 5. The number of imide groups is 1. The second-order valence-corrected chi connectivity index (χ2v) is 8.63. The molecule has 156 valence electrons. The summed E-state index contributed by atoms with van der Waals surface area (Å²) in [5.74, 6) is -0.177. The Hall–Kier alpha value is -3.59. The molecule has 0 saturated carbocycles. The molecule has 1 aliphatic rings. The first-order valence-electron chi connectivity index (χ1n) is 9.80. The fourth-order valence-corrected chi connectivity index (χ4v) is 4.60. The molecule has 0 radical (unpaired) electrons. The number of aryl methyl sites for hydroxylation is 1.